The van der Waals surface area contributed by atoms with Gasteiger partial charge in [0.1, 0.15) is 0 Å². The van der Waals surface area contributed by atoms with Gasteiger partial charge in [0, 0.05) is 6.54 Å². The van der Waals surface area contributed by atoms with Crippen molar-refractivity contribution < 1.29 is 14.7 Å². The van der Waals surface area contributed by atoms with E-state index in [9.17, 15) is 9.59 Å². The van der Waals surface area contributed by atoms with Crippen LogP contribution in [0.25, 0.3) is 10.8 Å². The standard InChI is InChI=1S/C20H26N2O3/c1-13(20(24)25)12-22(4)15(3)19(23)21-14(2)17-11-7-9-16-8-5-6-10-18(16)17/h5-11,13-15H,12H2,1-4H3,(H,21,23)(H,24,25). The maximum atomic E-state index is 12.6. The molecule has 0 bridgehead atoms. The number of carbonyl (C=O) groups excluding carboxylic acids is 1. The van der Waals surface area contributed by atoms with Crippen LogP contribution in [0.1, 0.15) is 32.4 Å². The maximum absolute atomic E-state index is 12.6. The fraction of sp³-hybridized carbons (Fsp3) is 0.400. The molecule has 0 fully saturated rings. The van der Waals surface area contributed by atoms with Gasteiger partial charge in [-0.25, -0.2) is 0 Å². The highest BCUT2D eigenvalue weighted by molar-refractivity contribution is 5.87. The molecule has 3 atom stereocenters. The van der Waals surface area contributed by atoms with Crippen molar-refractivity contribution >= 4 is 22.6 Å². The zero-order chi connectivity index (χ0) is 18.6. The fourth-order valence-electron chi connectivity index (χ4n) is 2.91. The van der Waals surface area contributed by atoms with Gasteiger partial charge in [0.2, 0.25) is 5.91 Å². The van der Waals surface area contributed by atoms with Crippen LogP contribution in [0, 0.1) is 5.92 Å². The lowest BCUT2D eigenvalue weighted by Gasteiger charge is -2.27. The third-order valence-electron chi connectivity index (χ3n) is 4.67. The summed E-state index contributed by atoms with van der Waals surface area (Å²) in [6, 6.07) is 13.6. The molecule has 0 aliphatic rings. The molecule has 2 aromatic rings. The monoisotopic (exact) mass is 342 g/mol. The Labute approximate surface area is 148 Å². The number of carboxylic acids is 1. The third kappa shape index (κ3) is 4.57. The molecule has 0 aliphatic heterocycles. The molecule has 25 heavy (non-hydrogen) atoms. The number of benzene rings is 2. The van der Waals surface area contributed by atoms with Crippen molar-refractivity contribution in [3.63, 3.8) is 0 Å². The van der Waals surface area contributed by atoms with Crippen LogP contribution < -0.4 is 5.32 Å². The zero-order valence-corrected chi connectivity index (χ0v) is 15.2. The van der Waals surface area contributed by atoms with Gasteiger partial charge in [-0.15, -0.1) is 0 Å². The molecule has 134 valence electrons. The molecule has 0 radical (unpaired) electrons. The Kier molecular flexibility index (Phi) is 6.15. The summed E-state index contributed by atoms with van der Waals surface area (Å²) in [6.07, 6.45) is 0. The predicted molar refractivity (Wildman–Crippen MR) is 99.4 cm³/mol. The average molecular weight is 342 g/mol. The quantitative estimate of drug-likeness (QED) is 0.811. The summed E-state index contributed by atoms with van der Waals surface area (Å²) in [5.41, 5.74) is 1.07. The van der Waals surface area contributed by atoms with E-state index < -0.39 is 17.9 Å². The number of carbonyl (C=O) groups is 2. The van der Waals surface area contributed by atoms with Crippen molar-refractivity contribution in [3.8, 4) is 0 Å². The molecule has 0 saturated heterocycles. The van der Waals surface area contributed by atoms with E-state index in [1.54, 1.807) is 25.8 Å². The van der Waals surface area contributed by atoms with E-state index in [1.807, 2.05) is 31.2 Å². The number of rotatable bonds is 7. The minimum absolute atomic E-state index is 0.111. The van der Waals surface area contributed by atoms with Crippen molar-refractivity contribution in [2.45, 2.75) is 32.9 Å². The number of likely N-dealkylation sites (N-methyl/N-ethyl adjacent to an activating group) is 1. The Morgan fingerprint density at radius 1 is 1.08 bits per heavy atom. The Balaban J connectivity index is 2.07. The first-order valence-corrected chi connectivity index (χ1v) is 8.52. The largest absolute Gasteiger partial charge is 0.481 e. The van der Waals surface area contributed by atoms with E-state index in [4.69, 9.17) is 5.11 Å². The molecule has 5 heteroatoms. The molecular weight excluding hydrogens is 316 g/mol. The van der Waals surface area contributed by atoms with Crippen LogP contribution >= 0.6 is 0 Å². The number of carboxylic acid groups (broad SMARTS) is 1. The SMILES string of the molecule is CC(CN(C)C(C)C(=O)NC(C)c1cccc2ccccc12)C(=O)O. The van der Waals surface area contributed by atoms with Gasteiger partial charge in [0.25, 0.3) is 0 Å². The van der Waals surface area contributed by atoms with Gasteiger partial charge in [0.05, 0.1) is 18.0 Å². The van der Waals surface area contributed by atoms with Gasteiger partial charge < -0.3 is 10.4 Å². The van der Waals surface area contributed by atoms with Gasteiger partial charge in [-0.05, 0) is 37.2 Å². The highest BCUT2D eigenvalue weighted by atomic mass is 16.4. The Morgan fingerprint density at radius 3 is 2.40 bits per heavy atom. The topological polar surface area (TPSA) is 69.6 Å². The van der Waals surface area contributed by atoms with Crippen LogP contribution in [-0.2, 0) is 9.59 Å². The van der Waals surface area contributed by atoms with Gasteiger partial charge in [-0.3, -0.25) is 14.5 Å². The van der Waals surface area contributed by atoms with Crippen molar-refractivity contribution in [3.05, 3.63) is 48.0 Å². The minimum Gasteiger partial charge on any atom is -0.481 e. The molecule has 1 amide bonds. The number of nitrogens with one attached hydrogen (secondary N) is 1. The second-order valence-corrected chi connectivity index (χ2v) is 6.65. The van der Waals surface area contributed by atoms with Crippen LogP contribution in [0.15, 0.2) is 42.5 Å². The molecule has 3 unspecified atom stereocenters. The maximum Gasteiger partial charge on any atom is 0.307 e. The van der Waals surface area contributed by atoms with Gasteiger partial charge >= 0.3 is 5.97 Å². The Bertz CT molecular complexity index is 754. The van der Waals surface area contributed by atoms with E-state index in [0.717, 1.165) is 16.3 Å². The summed E-state index contributed by atoms with van der Waals surface area (Å²) in [6.45, 7) is 5.72. The normalized spacial score (nSPS) is 14.9. The number of hydrogen-bond donors (Lipinski definition) is 2. The number of aliphatic carboxylic acids is 1. The van der Waals surface area contributed by atoms with Crippen molar-refractivity contribution in [1.29, 1.82) is 0 Å². The minimum atomic E-state index is -0.858. The predicted octanol–water partition coefficient (Wildman–Crippen LogP) is 3.06. The number of nitrogens with zero attached hydrogens (tertiary/aromatic N) is 1. The number of hydrogen-bond acceptors (Lipinski definition) is 3. The average Bonchev–Trinajstić information content (AvgIpc) is 2.60. The van der Waals surface area contributed by atoms with E-state index in [-0.39, 0.29) is 11.9 Å². The summed E-state index contributed by atoms with van der Waals surface area (Å²) in [7, 11) is 1.77. The van der Waals surface area contributed by atoms with Crippen LogP contribution in [0.5, 0.6) is 0 Å². The van der Waals surface area contributed by atoms with Gasteiger partial charge in [-0.1, -0.05) is 49.4 Å². The molecule has 0 spiro atoms. The summed E-state index contributed by atoms with van der Waals surface area (Å²) < 4.78 is 0. The van der Waals surface area contributed by atoms with E-state index in [2.05, 4.69) is 23.5 Å². The van der Waals surface area contributed by atoms with Gasteiger partial charge in [-0.2, -0.15) is 0 Å². The highest BCUT2D eigenvalue weighted by Gasteiger charge is 2.23. The van der Waals surface area contributed by atoms with E-state index in [0.29, 0.717) is 6.54 Å². The van der Waals surface area contributed by atoms with Crippen LogP contribution in [0.2, 0.25) is 0 Å². The number of amides is 1. The Morgan fingerprint density at radius 2 is 1.72 bits per heavy atom. The lowest BCUT2D eigenvalue weighted by atomic mass is 9.99. The summed E-state index contributed by atoms with van der Waals surface area (Å²) in [4.78, 5) is 25.3. The second-order valence-electron chi connectivity index (χ2n) is 6.65. The lowest BCUT2D eigenvalue weighted by Crippen LogP contribution is -2.46. The molecule has 0 aliphatic carbocycles. The summed E-state index contributed by atoms with van der Waals surface area (Å²) >= 11 is 0. The van der Waals surface area contributed by atoms with E-state index >= 15 is 0 Å². The van der Waals surface area contributed by atoms with Crippen molar-refractivity contribution in [1.82, 2.24) is 10.2 Å². The summed E-state index contributed by atoms with van der Waals surface area (Å²) in [5.74, 6) is -1.49. The molecular formula is C20H26N2O3. The van der Waals surface area contributed by atoms with Crippen LogP contribution in [-0.4, -0.2) is 41.5 Å². The molecule has 0 saturated carbocycles. The first kappa shape index (κ1) is 18.9. The fourth-order valence-corrected chi connectivity index (χ4v) is 2.91. The molecule has 2 aromatic carbocycles. The van der Waals surface area contributed by atoms with Gasteiger partial charge in [0.15, 0.2) is 0 Å². The van der Waals surface area contributed by atoms with E-state index in [1.165, 1.54) is 0 Å². The highest BCUT2D eigenvalue weighted by Crippen LogP contribution is 2.24. The first-order chi connectivity index (χ1) is 11.8. The number of fused-ring (bicyclic) bond motifs is 1. The first-order valence-electron chi connectivity index (χ1n) is 8.52. The lowest BCUT2D eigenvalue weighted by molar-refractivity contribution is -0.142. The molecule has 5 nitrogen and oxygen atoms in total. The van der Waals surface area contributed by atoms with Crippen molar-refractivity contribution in [2.75, 3.05) is 13.6 Å². The van der Waals surface area contributed by atoms with Crippen LogP contribution in [0.4, 0.5) is 0 Å². The van der Waals surface area contributed by atoms with Crippen molar-refractivity contribution in [2.24, 2.45) is 5.92 Å². The smallest absolute Gasteiger partial charge is 0.307 e. The molecule has 2 rings (SSSR count). The Hall–Kier alpha value is -2.40. The second kappa shape index (κ2) is 8.12. The molecule has 0 heterocycles. The van der Waals surface area contributed by atoms with Crippen LogP contribution in [0.3, 0.4) is 0 Å². The zero-order valence-electron chi connectivity index (χ0n) is 15.2. The molecule has 2 N–H and O–H groups in total. The summed E-state index contributed by atoms with van der Waals surface area (Å²) in [5, 5.41) is 14.3. The molecule has 0 aromatic heterocycles. The third-order valence-corrected chi connectivity index (χ3v) is 4.67.